The van der Waals surface area contributed by atoms with Gasteiger partial charge in [-0.05, 0) is 0 Å². The lowest BCUT2D eigenvalue weighted by atomic mass is 9.93. The minimum absolute atomic E-state index is 0.785. The maximum Gasteiger partial charge on any atom is 0.217 e. The highest BCUT2D eigenvalue weighted by atomic mass is 16.8. The largest absolute Gasteiger partial charge is 0.394 e. The van der Waals surface area contributed by atoms with Crippen LogP contribution in [0.25, 0.3) is 0 Å². The molecule has 0 unspecified atom stereocenters. The molecule has 0 aliphatic carbocycles. The highest BCUT2D eigenvalue weighted by Gasteiger charge is 2.61. The average molecular weight is 1520 g/mol. The second kappa shape index (κ2) is 37.5. The van der Waals surface area contributed by atoms with Crippen molar-refractivity contribution in [2.24, 2.45) is 0 Å². The monoisotopic (exact) mass is 1520 g/mol. The van der Waals surface area contributed by atoms with Gasteiger partial charge in [0.15, 0.2) is 50.3 Å². The lowest BCUT2D eigenvalue weighted by molar-refractivity contribution is -0.411. The lowest BCUT2D eigenvalue weighted by Crippen LogP contribution is -2.72. The van der Waals surface area contributed by atoms with Gasteiger partial charge in [0, 0.05) is 34.6 Å². The zero-order valence-corrected chi connectivity index (χ0v) is 56.3. The predicted octanol–water partition coefficient (Wildman–Crippen LogP) is -17.7. The Morgan fingerprint density at radius 2 is 0.529 bits per heavy atom. The molecule has 8 aliphatic heterocycles. The molecule has 0 aromatic carbocycles. The zero-order chi connectivity index (χ0) is 76.8. The van der Waals surface area contributed by atoms with Gasteiger partial charge < -0.3 is 205 Å². The van der Waals surface area contributed by atoms with Gasteiger partial charge in [0.05, 0.1) is 52.9 Å². The molecule has 0 spiro atoms. The molecule has 0 bridgehead atoms. The SMILES string of the molecule is CC(=O)N[C@@H]1[C@@H](O)[C@H](O[C@@H]2O[C@H](CO)[C@@H](O[C@@H]3O[C@H](CO[C@H]4O[C@H](CO)[C@@H](O)[C@H](O)[C@@H]4O)[C@@H](O[C@@H]4O[C@H](CO)[C@@H](O)[C@H](O)[C@H]4NC(C)=O)[C@H](O[C@H]4O[C@H](CO)[C@@H](O[C@@H]5O[C@H](CO)[C@@H](O)[C@H](O)[C@H]5NC(C)=O)[C@H](O)[C@@H]4O[C@@H]4O[C@H](CO)[C@@H](O)[C@H](O)[C@H]4NC(C)=O)[C@@H]3O)[C@H](O)[C@H]2NC(C)=O)[C@@H](CO)O[C@H]1O. The number of nitrogens with one attached hydrogen (secondary N) is 5. The van der Waals surface area contributed by atoms with E-state index in [1.54, 1.807) is 0 Å². The fourth-order valence-electron chi connectivity index (χ4n) is 13.4. The number of hydrogen-bond acceptors (Lipinski definition) is 41. The molecule has 8 saturated heterocycles. The number of aliphatic hydroxyl groups is 21. The molecular weight excluding hydrogens is 1420 g/mol. The fraction of sp³-hybridized carbons (Fsp3) is 0.914. The first-order chi connectivity index (χ1) is 49.2. The smallest absolute Gasteiger partial charge is 0.217 e. The molecule has 0 aromatic rings. The number of hydrogen-bond donors (Lipinski definition) is 26. The summed E-state index contributed by atoms with van der Waals surface area (Å²) in [5.41, 5.74) is 0. The molecule has 40 atom stereocenters. The van der Waals surface area contributed by atoms with Gasteiger partial charge in [-0.1, -0.05) is 0 Å². The number of amides is 5. The first-order valence-electron chi connectivity index (χ1n) is 33.1. The first-order valence-corrected chi connectivity index (χ1v) is 33.1. The van der Waals surface area contributed by atoms with E-state index in [4.69, 9.17) is 71.1 Å². The van der Waals surface area contributed by atoms with Crippen LogP contribution in [0.4, 0.5) is 0 Å². The van der Waals surface area contributed by atoms with Crippen molar-refractivity contribution in [2.45, 2.75) is 280 Å². The van der Waals surface area contributed by atoms with Gasteiger partial charge in [0.25, 0.3) is 0 Å². The molecule has 104 heavy (non-hydrogen) atoms. The summed E-state index contributed by atoms with van der Waals surface area (Å²) < 4.78 is 91.3. The summed E-state index contributed by atoms with van der Waals surface area (Å²) >= 11 is 0. The maximum atomic E-state index is 13.2. The van der Waals surface area contributed by atoms with Gasteiger partial charge in [-0.25, -0.2) is 0 Å². The Morgan fingerprint density at radius 1 is 0.250 bits per heavy atom. The standard InChI is InChI=1S/C58H97N5O41/c1-14(71)59-27-39(83)45(23(10-68)91-51(27)89)99-55-31(63-18(5)75)40(84)46(24(11-69)96-55)101-57-44(88)49(48(102-53-29(61-16(3)73)37(81)33(77)20(7-65)93-53)26(98-57)13-90-56-42(86)41(85)35(79)22(9-67)95-56)103-58-50(104-54-30(62-17(4)74)38(82)34(78)21(8-66)94-54)43(87)47(25(12-70)97-58)100-52-28(60-15(2)72)36(80)32(76)19(6-64)92-52/h19-58,64-70,76-89H,6-13H2,1-5H3,(H,59,71)(H,60,72)(H,61,73)(H,62,74)(H,63,75)/t19-,20-,21-,22-,23-,24-,25-,26-,27-,28-,29-,30-,31-,32-,33-,34-,35-,36-,37-,38-,39-,40-,41+,42+,43+,44+,45-,46-,47-,48-,49-,50+,51-,52+,53+,54+,55+,56+,57+,58-/m1/s1. The summed E-state index contributed by atoms with van der Waals surface area (Å²) in [5.74, 6) is -4.47. The van der Waals surface area contributed by atoms with E-state index >= 15 is 0 Å². The van der Waals surface area contributed by atoms with Crippen LogP contribution in [0.3, 0.4) is 0 Å². The molecule has 0 aromatic heterocycles. The highest BCUT2D eigenvalue weighted by Crippen LogP contribution is 2.40. The van der Waals surface area contributed by atoms with E-state index in [9.17, 15) is 131 Å². The van der Waals surface area contributed by atoms with Crippen LogP contribution >= 0.6 is 0 Å². The van der Waals surface area contributed by atoms with Gasteiger partial charge >= 0.3 is 0 Å². The summed E-state index contributed by atoms with van der Waals surface area (Å²) in [6.45, 7) is -4.06. The Kier molecular flexibility index (Phi) is 30.9. The molecule has 600 valence electrons. The number of rotatable bonds is 27. The van der Waals surface area contributed by atoms with Crippen molar-refractivity contribution in [3.05, 3.63) is 0 Å². The van der Waals surface area contributed by atoms with Crippen molar-refractivity contribution in [1.82, 2.24) is 26.6 Å². The Balaban J connectivity index is 1.28. The minimum atomic E-state index is -2.67. The Labute approximate surface area is 589 Å². The molecule has 8 fully saturated rings. The van der Waals surface area contributed by atoms with Crippen LogP contribution < -0.4 is 26.6 Å². The number of carbonyl (C=O) groups is 5. The summed E-state index contributed by atoms with van der Waals surface area (Å²) in [4.78, 5) is 63.5. The van der Waals surface area contributed by atoms with Crippen LogP contribution in [0.2, 0.25) is 0 Å². The lowest BCUT2D eigenvalue weighted by Gasteiger charge is -2.53. The first kappa shape index (κ1) is 85.5. The molecule has 0 saturated carbocycles. The summed E-state index contributed by atoms with van der Waals surface area (Å²) in [6.07, 6.45) is -73.9. The van der Waals surface area contributed by atoms with E-state index in [-0.39, 0.29) is 0 Å². The molecule has 5 amide bonds. The fourth-order valence-corrected chi connectivity index (χ4v) is 13.4. The van der Waals surface area contributed by atoms with Gasteiger partial charge in [0.2, 0.25) is 29.5 Å². The molecule has 8 rings (SSSR count). The summed E-state index contributed by atoms with van der Waals surface area (Å²) in [5, 5.41) is 246. The van der Waals surface area contributed by atoms with Crippen LogP contribution in [0, 0.1) is 0 Å². The third-order valence-electron chi connectivity index (χ3n) is 18.6. The van der Waals surface area contributed by atoms with Crippen LogP contribution in [0.5, 0.6) is 0 Å². The van der Waals surface area contributed by atoms with Crippen molar-refractivity contribution < 1.29 is 202 Å². The molecular formula is C58H97N5O41. The highest BCUT2D eigenvalue weighted by molar-refractivity contribution is 5.75. The maximum absolute atomic E-state index is 13.2. The van der Waals surface area contributed by atoms with Crippen molar-refractivity contribution in [1.29, 1.82) is 0 Å². The van der Waals surface area contributed by atoms with Gasteiger partial charge in [-0.15, -0.1) is 0 Å². The Morgan fingerprint density at radius 3 is 0.923 bits per heavy atom. The molecule has 8 aliphatic rings. The van der Waals surface area contributed by atoms with E-state index in [0.29, 0.717) is 0 Å². The van der Waals surface area contributed by atoms with E-state index in [2.05, 4.69) is 26.6 Å². The number of ether oxygens (including phenoxy) is 15. The number of aliphatic hydroxyl groups excluding tert-OH is 21. The van der Waals surface area contributed by atoms with E-state index in [0.717, 1.165) is 34.6 Å². The quantitative estimate of drug-likeness (QED) is 0.0363. The third-order valence-corrected chi connectivity index (χ3v) is 18.6. The van der Waals surface area contributed by atoms with E-state index in [1.165, 1.54) is 0 Å². The van der Waals surface area contributed by atoms with E-state index in [1.807, 2.05) is 0 Å². The summed E-state index contributed by atoms with van der Waals surface area (Å²) in [6, 6.07) is -9.22. The van der Waals surface area contributed by atoms with Crippen molar-refractivity contribution in [3.8, 4) is 0 Å². The van der Waals surface area contributed by atoms with Crippen LogP contribution in [0.1, 0.15) is 34.6 Å². The van der Waals surface area contributed by atoms with Crippen LogP contribution in [0.15, 0.2) is 0 Å². The molecule has 0 radical (unpaired) electrons. The topological polar surface area (TPSA) is 709 Å². The molecule has 8 heterocycles. The van der Waals surface area contributed by atoms with E-state index < -0.39 is 328 Å². The van der Waals surface area contributed by atoms with Crippen molar-refractivity contribution in [3.63, 3.8) is 0 Å². The average Bonchev–Trinajstić information content (AvgIpc) is 0.737. The molecule has 26 N–H and O–H groups in total. The normalized spacial score (nSPS) is 47.2. The predicted molar refractivity (Wildman–Crippen MR) is 322 cm³/mol. The summed E-state index contributed by atoms with van der Waals surface area (Å²) in [7, 11) is 0. The van der Waals surface area contributed by atoms with Crippen LogP contribution in [-0.2, 0) is 95.0 Å². The van der Waals surface area contributed by atoms with Crippen molar-refractivity contribution in [2.75, 3.05) is 52.9 Å². The molecule has 46 nitrogen and oxygen atoms in total. The second-order valence-electron chi connectivity index (χ2n) is 26.1. The Hall–Kier alpha value is -4.09. The zero-order valence-electron chi connectivity index (χ0n) is 56.3. The van der Waals surface area contributed by atoms with Crippen molar-refractivity contribution >= 4 is 29.5 Å². The van der Waals surface area contributed by atoms with Gasteiger partial charge in [-0.3, -0.25) is 24.0 Å². The van der Waals surface area contributed by atoms with Gasteiger partial charge in [-0.2, -0.15) is 0 Å². The number of carbonyl (C=O) groups excluding carboxylic acids is 5. The molecule has 46 heteroatoms. The Bertz CT molecular complexity index is 2770. The second-order valence-corrected chi connectivity index (χ2v) is 26.1. The van der Waals surface area contributed by atoms with Crippen LogP contribution in [-0.4, -0.2) is 435 Å². The third kappa shape index (κ3) is 19.2. The minimum Gasteiger partial charge on any atom is -0.394 e. The van der Waals surface area contributed by atoms with Gasteiger partial charge in [0.1, 0.15) is 195 Å².